The number of ether oxygens (including phenoxy) is 1. The molecule has 104 valence electrons. The number of esters is 1. The van der Waals surface area contributed by atoms with Crippen LogP contribution in [0.3, 0.4) is 0 Å². The summed E-state index contributed by atoms with van der Waals surface area (Å²) in [5.41, 5.74) is 8.23. The predicted octanol–water partition coefficient (Wildman–Crippen LogP) is 2.50. The van der Waals surface area contributed by atoms with E-state index < -0.39 is 6.10 Å². The first-order chi connectivity index (χ1) is 9.39. The third-order valence-electron chi connectivity index (χ3n) is 3.90. The smallest absolute Gasteiger partial charge is 0.339 e. The number of benzene rings is 1. The Hall–Kier alpha value is -2.10. The van der Waals surface area contributed by atoms with Crippen molar-refractivity contribution in [3.05, 3.63) is 46.7 Å². The number of nitrogens with two attached hydrogens (primary N) is 1. The van der Waals surface area contributed by atoms with Gasteiger partial charge in [0.05, 0.1) is 11.1 Å². The lowest BCUT2D eigenvalue weighted by Crippen LogP contribution is -2.31. The molecule has 4 heteroatoms. The summed E-state index contributed by atoms with van der Waals surface area (Å²) in [5.74, 6) is -0.406. The number of hydrogen-bond acceptors (Lipinski definition) is 4. The van der Waals surface area contributed by atoms with Crippen LogP contribution in [0.4, 0.5) is 0 Å². The van der Waals surface area contributed by atoms with Crippen LogP contribution in [0.2, 0.25) is 0 Å². The van der Waals surface area contributed by atoms with Gasteiger partial charge < -0.3 is 10.5 Å². The Balaban J connectivity index is 2.07. The molecule has 1 unspecified atom stereocenters. The molecule has 0 spiro atoms. The number of Topliss-reactive ketones (excluding diaryl/α,β-unsaturated/α-hetero) is 1. The van der Waals surface area contributed by atoms with Crippen molar-refractivity contribution in [1.82, 2.24) is 0 Å². The largest absolute Gasteiger partial charge is 0.449 e. The van der Waals surface area contributed by atoms with Gasteiger partial charge in [-0.2, -0.15) is 0 Å². The highest BCUT2D eigenvalue weighted by molar-refractivity contribution is 6.02. The molecule has 1 aliphatic carbocycles. The second kappa shape index (κ2) is 4.20. The fourth-order valence-electron chi connectivity index (χ4n) is 3.06. The molecule has 0 saturated heterocycles. The minimum atomic E-state index is -0.637. The highest BCUT2D eigenvalue weighted by Gasteiger charge is 2.41. The minimum absolute atomic E-state index is 0.0201. The monoisotopic (exact) mass is 271 g/mol. The highest BCUT2D eigenvalue weighted by Crippen LogP contribution is 2.43. The van der Waals surface area contributed by atoms with Gasteiger partial charge in [0.25, 0.3) is 0 Å². The number of allylic oxidation sites excluding steroid dienone is 1. The highest BCUT2D eigenvalue weighted by atomic mass is 16.5. The van der Waals surface area contributed by atoms with Gasteiger partial charge in [-0.05, 0) is 17.9 Å². The second-order valence-corrected chi connectivity index (χ2v) is 6.25. The Morgan fingerprint density at radius 1 is 1.20 bits per heavy atom. The van der Waals surface area contributed by atoms with E-state index in [-0.39, 0.29) is 17.2 Å². The van der Waals surface area contributed by atoms with Crippen molar-refractivity contribution < 1.29 is 14.3 Å². The first-order valence-electron chi connectivity index (χ1n) is 6.71. The number of carbonyl (C=O) groups excluding carboxylic acids is 2. The van der Waals surface area contributed by atoms with E-state index in [4.69, 9.17) is 10.5 Å². The van der Waals surface area contributed by atoms with Crippen molar-refractivity contribution in [3.63, 3.8) is 0 Å². The van der Waals surface area contributed by atoms with E-state index in [0.717, 1.165) is 5.56 Å². The number of ketones is 1. The minimum Gasteiger partial charge on any atom is -0.449 e. The molecular weight excluding hydrogens is 254 g/mol. The van der Waals surface area contributed by atoms with Crippen molar-refractivity contribution in [1.29, 1.82) is 0 Å². The summed E-state index contributed by atoms with van der Waals surface area (Å²) in [6.45, 7) is 4.03. The maximum absolute atomic E-state index is 12.4. The maximum atomic E-state index is 12.4. The van der Waals surface area contributed by atoms with Crippen molar-refractivity contribution in [2.45, 2.75) is 32.8 Å². The van der Waals surface area contributed by atoms with Crippen molar-refractivity contribution in [2.75, 3.05) is 0 Å². The van der Waals surface area contributed by atoms with E-state index in [1.165, 1.54) is 0 Å². The van der Waals surface area contributed by atoms with Gasteiger partial charge >= 0.3 is 5.97 Å². The van der Waals surface area contributed by atoms with Gasteiger partial charge in [-0.3, -0.25) is 4.79 Å². The van der Waals surface area contributed by atoms with Crippen molar-refractivity contribution in [3.8, 4) is 0 Å². The topological polar surface area (TPSA) is 69.4 Å². The maximum Gasteiger partial charge on any atom is 0.339 e. The molecular formula is C16H17NO3. The van der Waals surface area contributed by atoms with Crippen LogP contribution in [0, 0.1) is 5.41 Å². The molecule has 3 rings (SSSR count). The molecule has 0 aromatic heterocycles. The Labute approximate surface area is 117 Å². The summed E-state index contributed by atoms with van der Waals surface area (Å²) in [4.78, 5) is 24.3. The molecule has 20 heavy (non-hydrogen) atoms. The SMILES string of the molecule is CC1(C)CC(=O)C(C2OC(=O)c3ccccc32)=C(N)C1. The van der Waals surface area contributed by atoms with Gasteiger partial charge in [-0.25, -0.2) is 4.79 Å². The molecule has 0 fully saturated rings. The van der Waals surface area contributed by atoms with Gasteiger partial charge in [0.1, 0.15) is 0 Å². The quantitative estimate of drug-likeness (QED) is 0.797. The van der Waals surface area contributed by atoms with Crippen LogP contribution in [0.5, 0.6) is 0 Å². The zero-order chi connectivity index (χ0) is 14.5. The molecule has 0 bridgehead atoms. The van der Waals surface area contributed by atoms with Gasteiger partial charge in [-0.15, -0.1) is 0 Å². The molecule has 0 amide bonds. The van der Waals surface area contributed by atoms with Gasteiger partial charge in [0, 0.05) is 17.7 Å². The van der Waals surface area contributed by atoms with Crippen molar-refractivity contribution >= 4 is 11.8 Å². The molecule has 1 heterocycles. The first-order valence-corrected chi connectivity index (χ1v) is 6.71. The molecule has 4 nitrogen and oxygen atoms in total. The number of fused-ring (bicyclic) bond motifs is 1. The third-order valence-corrected chi connectivity index (χ3v) is 3.90. The van der Waals surface area contributed by atoms with Gasteiger partial charge in [0.15, 0.2) is 11.9 Å². The summed E-state index contributed by atoms with van der Waals surface area (Å²) in [7, 11) is 0. The molecule has 2 N–H and O–H groups in total. The summed E-state index contributed by atoms with van der Waals surface area (Å²) >= 11 is 0. The van der Waals surface area contributed by atoms with Crippen LogP contribution >= 0.6 is 0 Å². The molecule has 1 aromatic carbocycles. The lowest BCUT2D eigenvalue weighted by Gasteiger charge is -2.32. The average molecular weight is 271 g/mol. The zero-order valence-electron chi connectivity index (χ0n) is 11.6. The molecule has 1 aromatic rings. The van der Waals surface area contributed by atoms with Gasteiger partial charge in [0.2, 0.25) is 0 Å². The fourth-order valence-corrected chi connectivity index (χ4v) is 3.06. The number of rotatable bonds is 1. The van der Waals surface area contributed by atoms with E-state index in [2.05, 4.69) is 0 Å². The van der Waals surface area contributed by atoms with Crippen LogP contribution in [0.15, 0.2) is 35.5 Å². The molecule has 2 aliphatic rings. The van der Waals surface area contributed by atoms with Crippen LogP contribution in [-0.4, -0.2) is 11.8 Å². The van der Waals surface area contributed by atoms with Crippen LogP contribution < -0.4 is 5.73 Å². The van der Waals surface area contributed by atoms with E-state index in [1.807, 2.05) is 26.0 Å². The number of cyclic esters (lactones) is 1. The lowest BCUT2D eigenvalue weighted by molar-refractivity contribution is -0.119. The van der Waals surface area contributed by atoms with Gasteiger partial charge in [-0.1, -0.05) is 32.0 Å². The molecule has 1 aliphatic heterocycles. The van der Waals surface area contributed by atoms with Crippen LogP contribution in [-0.2, 0) is 9.53 Å². The standard InChI is InChI=1S/C16H17NO3/c1-16(2)7-11(17)13(12(18)8-16)14-9-5-3-4-6-10(9)15(19)20-14/h3-6,14H,7-8,17H2,1-2H3. The Bertz CT molecular complexity index is 643. The summed E-state index contributed by atoms with van der Waals surface area (Å²) in [6.07, 6.45) is 0.436. The molecule has 1 atom stereocenters. The summed E-state index contributed by atoms with van der Waals surface area (Å²) in [6, 6.07) is 7.15. The first kappa shape index (κ1) is 12.9. The second-order valence-electron chi connectivity index (χ2n) is 6.25. The van der Waals surface area contributed by atoms with Crippen LogP contribution in [0.1, 0.15) is 48.7 Å². The Morgan fingerprint density at radius 3 is 2.60 bits per heavy atom. The number of carbonyl (C=O) groups is 2. The van der Waals surface area contributed by atoms with Crippen molar-refractivity contribution in [2.24, 2.45) is 11.1 Å². The van der Waals surface area contributed by atoms with E-state index in [9.17, 15) is 9.59 Å². The molecule has 0 saturated carbocycles. The lowest BCUT2D eigenvalue weighted by atomic mass is 9.74. The Morgan fingerprint density at radius 2 is 1.90 bits per heavy atom. The number of hydrogen-bond donors (Lipinski definition) is 1. The summed E-state index contributed by atoms with van der Waals surface area (Å²) < 4.78 is 5.38. The Kier molecular flexibility index (Phi) is 2.71. The normalized spacial score (nSPS) is 24.6. The summed E-state index contributed by atoms with van der Waals surface area (Å²) in [5, 5.41) is 0. The average Bonchev–Trinajstić information content (AvgIpc) is 2.65. The van der Waals surface area contributed by atoms with E-state index in [1.54, 1.807) is 12.1 Å². The van der Waals surface area contributed by atoms with E-state index >= 15 is 0 Å². The fraction of sp³-hybridized carbons (Fsp3) is 0.375. The zero-order valence-corrected chi connectivity index (χ0v) is 11.6. The third kappa shape index (κ3) is 1.92. The molecule has 0 radical (unpaired) electrons. The van der Waals surface area contributed by atoms with E-state index in [0.29, 0.717) is 29.7 Å². The van der Waals surface area contributed by atoms with Crippen LogP contribution in [0.25, 0.3) is 0 Å². The predicted molar refractivity (Wildman–Crippen MR) is 73.8 cm³/mol.